The quantitative estimate of drug-likeness (QED) is 0.834. The van der Waals surface area contributed by atoms with E-state index in [2.05, 4.69) is 4.90 Å². The predicted molar refractivity (Wildman–Crippen MR) is 95.4 cm³/mol. The number of rotatable bonds is 4. The molecule has 3 rings (SSSR count). The van der Waals surface area contributed by atoms with E-state index in [1.807, 2.05) is 30.3 Å². The standard InChI is InChI=1S/C17H19ClN2O3S/c1-23-16-8-7-14(18)13-17(16)24(21,22)20-11-9-19(10-12-20)15-5-3-2-4-6-15/h2-8,13H,9-12H2,1H3. The van der Waals surface area contributed by atoms with E-state index in [-0.39, 0.29) is 4.90 Å². The Balaban J connectivity index is 1.79. The molecule has 2 aromatic carbocycles. The van der Waals surface area contributed by atoms with Crippen LogP contribution >= 0.6 is 11.6 Å². The third kappa shape index (κ3) is 3.36. The highest BCUT2D eigenvalue weighted by Gasteiger charge is 2.31. The van der Waals surface area contributed by atoms with Crippen molar-refractivity contribution < 1.29 is 13.2 Å². The number of benzene rings is 2. The zero-order chi connectivity index (χ0) is 17.2. The van der Waals surface area contributed by atoms with Crippen LogP contribution in [0.4, 0.5) is 5.69 Å². The highest BCUT2D eigenvalue weighted by Crippen LogP contribution is 2.30. The number of ether oxygens (including phenoxy) is 1. The van der Waals surface area contributed by atoms with E-state index in [0.29, 0.717) is 37.0 Å². The average Bonchev–Trinajstić information content (AvgIpc) is 2.62. The van der Waals surface area contributed by atoms with Crippen molar-refractivity contribution in [3.05, 3.63) is 53.6 Å². The summed E-state index contributed by atoms with van der Waals surface area (Å²) in [5, 5.41) is 0.372. The van der Waals surface area contributed by atoms with Gasteiger partial charge in [-0.25, -0.2) is 8.42 Å². The maximum Gasteiger partial charge on any atom is 0.246 e. The van der Waals surface area contributed by atoms with Crippen LogP contribution in [0.2, 0.25) is 5.02 Å². The van der Waals surface area contributed by atoms with Crippen molar-refractivity contribution in [2.45, 2.75) is 4.90 Å². The molecule has 0 aliphatic carbocycles. The van der Waals surface area contributed by atoms with Crippen LogP contribution in [0.15, 0.2) is 53.4 Å². The van der Waals surface area contributed by atoms with Crippen molar-refractivity contribution in [3.63, 3.8) is 0 Å². The maximum atomic E-state index is 12.9. The van der Waals surface area contributed by atoms with Crippen LogP contribution in [-0.4, -0.2) is 46.0 Å². The van der Waals surface area contributed by atoms with Crippen molar-refractivity contribution in [2.75, 3.05) is 38.2 Å². The first kappa shape index (κ1) is 17.1. The minimum absolute atomic E-state index is 0.116. The lowest BCUT2D eigenvalue weighted by molar-refractivity contribution is 0.374. The number of methoxy groups -OCH3 is 1. The van der Waals surface area contributed by atoms with E-state index in [1.165, 1.54) is 17.5 Å². The zero-order valence-electron chi connectivity index (χ0n) is 13.4. The molecule has 0 unspecified atom stereocenters. The van der Waals surface area contributed by atoms with Gasteiger partial charge in [0.2, 0.25) is 10.0 Å². The molecule has 7 heteroatoms. The van der Waals surface area contributed by atoms with Gasteiger partial charge >= 0.3 is 0 Å². The van der Waals surface area contributed by atoms with Gasteiger partial charge in [0.25, 0.3) is 0 Å². The lowest BCUT2D eigenvalue weighted by Gasteiger charge is -2.35. The molecule has 1 aliphatic heterocycles. The molecular weight excluding hydrogens is 348 g/mol. The summed E-state index contributed by atoms with van der Waals surface area (Å²) in [6.45, 7) is 2.14. The van der Waals surface area contributed by atoms with Gasteiger partial charge in [-0.05, 0) is 30.3 Å². The molecule has 0 N–H and O–H groups in total. The Morgan fingerprint density at radius 2 is 1.67 bits per heavy atom. The molecule has 0 saturated carbocycles. The van der Waals surface area contributed by atoms with Gasteiger partial charge in [0, 0.05) is 36.9 Å². The Kier molecular flexibility index (Phi) is 4.99. The fraction of sp³-hybridized carbons (Fsp3) is 0.294. The number of halogens is 1. The third-order valence-electron chi connectivity index (χ3n) is 4.10. The van der Waals surface area contributed by atoms with Gasteiger partial charge in [-0.15, -0.1) is 0 Å². The molecule has 2 aromatic rings. The molecule has 24 heavy (non-hydrogen) atoms. The van der Waals surface area contributed by atoms with Crippen LogP contribution in [0.3, 0.4) is 0 Å². The van der Waals surface area contributed by atoms with Gasteiger partial charge in [-0.3, -0.25) is 0 Å². The van der Waals surface area contributed by atoms with Crippen molar-refractivity contribution in [2.24, 2.45) is 0 Å². The highest BCUT2D eigenvalue weighted by molar-refractivity contribution is 7.89. The summed E-state index contributed by atoms with van der Waals surface area (Å²) in [5.41, 5.74) is 1.11. The van der Waals surface area contributed by atoms with Crippen LogP contribution in [-0.2, 0) is 10.0 Å². The summed E-state index contributed by atoms with van der Waals surface area (Å²) < 4.78 is 32.5. The van der Waals surface area contributed by atoms with Crippen LogP contribution in [0.25, 0.3) is 0 Å². The molecular formula is C17H19ClN2O3S. The molecule has 0 atom stereocenters. The summed E-state index contributed by atoms with van der Waals surface area (Å²) in [6.07, 6.45) is 0. The van der Waals surface area contributed by atoms with Crippen LogP contribution in [0.5, 0.6) is 5.75 Å². The van der Waals surface area contributed by atoms with Crippen molar-refractivity contribution in [1.82, 2.24) is 4.31 Å². The zero-order valence-corrected chi connectivity index (χ0v) is 14.9. The van der Waals surface area contributed by atoms with Gasteiger partial charge in [-0.2, -0.15) is 4.31 Å². The summed E-state index contributed by atoms with van der Waals surface area (Å²) >= 11 is 5.98. The van der Waals surface area contributed by atoms with Gasteiger partial charge < -0.3 is 9.64 Å². The number of para-hydroxylation sites is 1. The molecule has 1 saturated heterocycles. The van der Waals surface area contributed by atoms with E-state index >= 15 is 0 Å². The normalized spacial score (nSPS) is 16.2. The molecule has 0 bridgehead atoms. The minimum atomic E-state index is -3.64. The Morgan fingerprint density at radius 3 is 2.29 bits per heavy atom. The summed E-state index contributed by atoms with van der Waals surface area (Å²) in [7, 11) is -2.18. The van der Waals surface area contributed by atoms with Gasteiger partial charge in [0.05, 0.1) is 7.11 Å². The Hall–Kier alpha value is -1.76. The Labute approximate surface area is 147 Å². The molecule has 1 aliphatic rings. The smallest absolute Gasteiger partial charge is 0.246 e. The molecule has 0 radical (unpaired) electrons. The molecule has 1 heterocycles. The molecule has 5 nitrogen and oxygen atoms in total. The van der Waals surface area contributed by atoms with Crippen molar-refractivity contribution >= 4 is 27.3 Å². The summed E-state index contributed by atoms with van der Waals surface area (Å²) in [4.78, 5) is 2.30. The maximum absolute atomic E-state index is 12.9. The first-order chi connectivity index (χ1) is 11.5. The summed E-state index contributed by atoms with van der Waals surface area (Å²) in [5.74, 6) is 0.310. The summed E-state index contributed by atoms with van der Waals surface area (Å²) in [6, 6.07) is 14.6. The van der Waals surface area contributed by atoms with E-state index in [9.17, 15) is 8.42 Å². The first-order valence-corrected chi connectivity index (χ1v) is 9.48. The van der Waals surface area contributed by atoms with Crippen molar-refractivity contribution in [1.29, 1.82) is 0 Å². The molecule has 0 amide bonds. The van der Waals surface area contributed by atoms with Gasteiger partial charge in [0.15, 0.2) is 0 Å². The van der Waals surface area contributed by atoms with Crippen LogP contribution in [0.1, 0.15) is 0 Å². The second-order valence-electron chi connectivity index (χ2n) is 5.52. The topological polar surface area (TPSA) is 49.9 Å². The van der Waals surface area contributed by atoms with E-state index < -0.39 is 10.0 Å². The highest BCUT2D eigenvalue weighted by atomic mass is 35.5. The molecule has 0 spiro atoms. The Morgan fingerprint density at radius 1 is 1.00 bits per heavy atom. The van der Waals surface area contributed by atoms with Crippen LogP contribution in [0, 0.1) is 0 Å². The average molecular weight is 367 g/mol. The second kappa shape index (κ2) is 7.01. The first-order valence-electron chi connectivity index (χ1n) is 7.66. The predicted octanol–water partition coefficient (Wildman–Crippen LogP) is 2.86. The van der Waals surface area contributed by atoms with Crippen molar-refractivity contribution in [3.8, 4) is 5.75 Å². The van der Waals surface area contributed by atoms with Gasteiger partial charge in [-0.1, -0.05) is 29.8 Å². The molecule has 1 fully saturated rings. The number of nitrogens with zero attached hydrogens (tertiary/aromatic N) is 2. The third-order valence-corrected chi connectivity index (χ3v) is 6.26. The molecule has 128 valence electrons. The fourth-order valence-corrected chi connectivity index (χ4v) is 4.66. The minimum Gasteiger partial charge on any atom is -0.495 e. The monoisotopic (exact) mass is 366 g/mol. The van der Waals surface area contributed by atoms with Gasteiger partial charge in [0.1, 0.15) is 10.6 Å². The molecule has 0 aromatic heterocycles. The number of hydrogen-bond donors (Lipinski definition) is 0. The van der Waals surface area contributed by atoms with Crippen LogP contribution < -0.4 is 9.64 Å². The number of sulfonamides is 1. The number of hydrogen-bond acceptors (Lipinski definition) is 4. The Bertz CT molecular complexity index is 804. The van der Waals surface area contributed by atoms with E-state index in [0.717, 1.165) is 5.69 Å². The lowest BCUT2D eigenvalue weighted by Crippen LogP contribution is -2.48. The largest absolute Gasteiger partial charge is 0.495 e. The number of piperazine rings is 1. The fourth-order valence-electron chi connectivity index (χ4n) is 2.82. The lowest BCUT2D eigenvalue weighted by atomic mass is 10.2. The van der Waals surface area contributed by atoms with E-state index in [1.54, 1.807) is 12.1 Å². The SMILES string of the molecule is COc1ccc(Cl)cc1S(=O)(=O)N1CCN(c2ccccc2)CC1. The second-order valence-corrected chi connectivity index (χ2v) is 7.86. The number of anilines is 1. The van der Waals surface area contributed by atoms with E-state index in [4.69, 9.17) is 16.3 Å².